The molecule has 1 unspecified atom stereocenters. The predicted molar refractivity (Wildman–Crippen MR) is 97.3 cm³/mol. The Kier molecular flexibility index (Phi) is 4.04. The van der Waals surface area contributed by atoms with Crippen molar-refractivity contribution in [3.63, 3.8) is 0 Å². The summed E-state index contributed by atoms with van der Waals surface area (Å²) in [4.78, 5) is 18.1. The Morgan fingerprint density at radius 3 is 2.92 bits per heavy atom. The van der Waals surface area contributed by atoms with Crippen molar-refractivity contribution in [2.45, 2.75) is 25.7 Å². The molecule has 1 atom stereocenters. The molecule has 0 bridgehead atoms. The monoisotopic (exact) mass is 336 g/mol. The lowest BCUT2D eigenvalue weighted by molar-refractivity contribution is 0.0706. The Hall–Kier alpha value is -2.62. The zero-order valence-corrected chi connectivity index (χ0v) is 14.3. The van der Waals surface area contributed by atoms with Crippen molar-refractivity contribution < 1.29 is 9.18 Å². The normalized spacial score (nSPS) is 17.8. The van der Waals surface area contributed by atoms with Gasteiger partial charge in [-0.15, -0.1) is 0 Å². The number of nitrogens with one attached hydrogen (secondary N) is 1. The van der Waals surface area contributed by atoms with E-state index in [1.54, 1.807) is 12.1 Å². The van der Waals surface area contributed by atoms with Crippen LogP contribution < -0.4 is 0 Å². The molecule has 0 radical (unpaired) electrons. The number of piperidine rings is 1. The highest BCUT2D eigenvalue weighted by Gasteiger charge is 2.26. The summed E-state index contributed by atoms with van der Waals surface area (Å²) in [5.41, 5.74) is 3.87. The van der Waals surface area contributed by atoms with Crippen LogP contribution in [0.3, 0.4) is 0 Å². The molecular formula is C21H21FN2O. The maximum atomic E-state index is 13.4. The standard InChI is InChI=1S/C21H21FN2O/c1-14-4-2-5-15(10-14)21(25)24-9-3-6-16(13-24)20-12-17-11-18(22)7-8-19(17)23-20/h2,4-5,7-8,10-12,16,23H,3,6,9,13H2,1H3. The number of hydrogen-bond donors (Lipinski definition) is 1. The molecule has 3 nitrogen and oxygen atoms in total. The fourth-order valence-corrected chi connectivity index (χ4v) is 3.72. The van der Waals surface area contributed by atoms with Crippen molar-refractivity contribution in [2.75, 3.05) is 13.1 Å². The molecule has 2 aromatic carbocycles. The molecule has 1 saturated heterocycles. The Labute approximate surface area is 146 Å². The summed E-state index contributed by atoms with van der Waals surface area (Å²) in [5.74, 6) is 0.131. The molecular weight excluding hydrogens is 315 g/mol. The Morgan fingerprint density at radius 2 is 2.08 bits per heavy atom. The summed E-state index contributed by atoms with van der Waals surface area (Å²) in [7, 11) is 0. The van der Waals surface area contributed by atoms with Gasteiger partial charge >= 0.3 is 0 Å². The second-order valence-corrected chi connectivity index (χ2v) is 6.92. The van der Waals surface area contributed by atoms with Gasteiger partial charge in [0, 0.05) is 41.2 Å². The molecule has 0 saturated carbocycles. The first-order valence-corrected chi connectivity index (χ1v) is 8.74. The Bertz CT molecular complexity index is 931. The molecule has 1 aliphatic rings. The number of fused-ring (bicyclic) bond motifs is 1. The zero-order valence-electron chi connectivity index (χ0n) is 14.3. The Balaban J connectivity index is 1.56. The number of nitrogens with zero attached hydrogens (tertiary/aromatic N) is 1. The van der Waals surface area contributed by atoms with Gasteiger partial charge in [0.15, 0.2) is 0 Å². The van der Waals surface area contributed by atoms with Crippen molar-refractivity contribution in [3.8, 4) is 0 Å². The lowest BCUT2D eigenvalue weighted by Crippen LogP contribution is -2.39. The maximum absolute atomic E-state index is 13.4. The van der Waals surface area contributed by atoms with Gasteiger partial charge in [0.2, 0.25) is 0 Å². The maximum Gasteiger partial charge on any atom is 0.253 e. The number of carbonyl (C=O) groups excluding carboxylic acids is 1. The van der Waals surface area contributed by atoms with Crippen molar-refractivity contribution in [1.82, 2.24) is 9.88 Å². The number of carbonyl (C=O) groups is 1. The number of halogens is 1. The second kappa shape index (κ2) is 6.36. The number of likely N-dealkylation sites (tertiary alicyclic amines) is 1. The van der Waals surface area contributed by atoms with Gasteiger partial charge in [0.05, 0.1) is 0 Å². The summed E-state index contributed by atoms with van der Waals surface area (Å²) >= 11 is 0. The number of aromatic amines is 1. The number of aromatic nitrogens is 1. The van der Waals surface area contributed by atoms with E-state index in [4.69, 9.17) is 0 Å². The second-order valence-electron chi connectivity index (χ2n) is 6.92. The van der Waals surface area contributed by atoms with Crippen molar-refractivity contribution >= 4 is 16.8 Å². The SMILES string of the molecule is Cc1cccc(C(=O)N2CCCC(c3cc4cc(F)ccc4[nH]3)C2)c1. The highest BCUT2D eigenvalue weighted by atomic mass is 19.1. The molecule has 0 spiro atoms. The van der Waals surface area contributed by atoms with E-state index >= 15 is 0 Å². The van der Waals surface area contributed by atoms with Crippen molar-refractivity contribution in [2.24, 2.45) is 0 Å². The number of hydrogen-bond acceptors (Lipinski definition) is 1. The van der Waals surface area contributed by atoms with Crippen LogP contribution in [-0.4, -0.2) is 28.9 Å². The molecule has 1 fully saturated rings. The van der Waals surface area contributed by atoms with Gasteiger partial charge < -0.3 is 9.88 Å². The van der Waals surface area contributed by atoms with Crippen molar-refractivity contribution in [3.05, 3.63) is 71.2 Å². The topological polar surface area (TPSA) is 36.1 Å². The summed E-state index contributed by atoms with van der Waals surface area (Å²) in [5, 5.41) is 0.886. The number of rotatable bonds is 2. The highest BCUT2D eigenvalue weighted by Crippen LogP contribution is 2.30. The number of H-pyrrole nitrogens is 1. The van der Waals surface area contributed by atoms with E-state index in [-0.39, 0.29) is 17.6 Å². The first-order valence-electron chi connectivity index (χ1n) is 8.74. The van der Waals surface area contributed by atoms with E-state index in [0.29, 0.717) is 6.54 Å². The van der Waals surface area contributed by atoms with Gasteiger partial charge in [0.1, 0.15) is 5.82 Å². The zero-order chi connectivity index (χ0) is 17.4. The van der Waals surface area contributed by atoms with Crippen molar-refractivity contribution in [1.29, 1.82) is 0 Å². The third-order valence-electron chi connectivity index (χ3n) is 5.02. The summed E-state index contributed by atoms with van der Waals surface area (Å²) < 4.78 is 13.4. The van der Waals surface area contributed by atoms with Gasteiger partial charge in [-0.3, -0.25) is 4.79 Å². The fraction of sp³-hybridized carbons (Fsp3) is 0.286. The Morgan fingerprint density at radius 1 is 1.20 bits per heavy atom. The molecule has 3 aromatic rings. The molecule has 4 rings (SSSR count). The van der Waals surface area contributed by atoms with E-state index in [1.165, 1.54) is 6.07 Å². The third kappa shape index (κ3) is 3.16. The molecule has 1 N–H and O–H groups in total. The largest absolute Gasteiger partial charge is 0.358 e. The van der Waals surface area contributed by atoms with E-state index in [9.17, 15) is 9.18 Å². The van der Waals surface area contributed by atoms with Crippen LogP contribution in [0.5, 0.6) is 0 Å². The summed E-state index contributed by atoms with van der Waals surface area (Å²) in [6, 6.07) is 14.6. The van der Waals surface area contributed by atoms with Gasteiger partial charge in [-0.05, 0) is 56.2 Å². The lowest BCUT2D eigenvalue weighted by Gasteiger charge is -2.32. The van der Waals surface area contributed by atoms with E-state index < -0.39 is 0 Å². The lowest BCUT2D eigenvalue weighted by atomic mass is 9.94. The van der Waals surface area contributed by atoms with Crippen LogP contribution in [0.15, 0.2) is 48.5 Å². The predicted octanol–water partition coefficient (Wildman–Crippen LogP) is 4.64. The van der Waals surface area contributed by atoms with Gasteiger partial charge in [0.25, 0.3) is 5.91 Å². The van der Waals surface area contributed by atoms with Crippen LogP contribution in [0.25, 0.3) is 10.9 Å². The molecule has 1 aliphatic heterocycles. The fourth-order valence-electron chi connectivity index (χ4n) is 3.72. The minimum Gasteiger partial charge on any atom is -0.358 e. The molecule has 128 valence electrons. The van der Waals surface area contributed by atoms with Gasteiger partial charge in [-0.25, -0.2) is 4.39 Å². The average molecular weight is 336 g/mol. The minimum absolute atomic E-state index is 0.0931. The third-order valence-corrected chi connectivity index (χ3v) is 5.02. The van der Waals surface area contributed by atoms with E-state index in [2.05, 4.69) is 4.98 Å². The molecule has 1 aromatic heterocycles. The van der Waals surface area contributed by atoms with Gasteiger partial charge in [-0.1, -0.05) is 17.7 Å². The van der Waals surface area contributed by atoms with E-state index in [0.717, 1.165) is 47.1 Å². The van der Waals surface area contributed by atoms with Crippen LogP contribution in [-0.2, 0) is 0 Å². The van der Waals surface area contributed by atoms with Crippen LogP contribution in [0.1, 0.15) is 40.4 Å². The quantitative estimate of drug-likeness (QED) is 0.727. The smallest absolute Gasteiger partial charge is 0.253 e. The number of aryl methyl sites for hydroxylation is 1. The number of benzene rings is 2. The highest BCUT2D eigenvalue weighted by molar-refractivity contribution is 5.94. The first kappa shape index (κ1) is 15.9. The molecule has 1 amide bonds. The molecule has 0 aliphatic carbocycles. The van der Waals surface area contributed by atoms with Crippen LogP contribution in [0.4, 0.5) is 4.39 Å². The van der Waals surface area contributed by atoms with E-state index in [1.807, 2.05) is 42.2 Å². The van der Waals surface area contributed by atoms with Crippen LogP contribution in [0.2, 0.25) is 0 Å². The minimum atomic E-state index is -0.224. The van der Waals surface area contributed by atoms with Crippen LogP contribution in [0, 0.1) is 12.7 Å². The first-order chi connectivity index (χ1) is 12.1. The number of amides is 1. The molecule has 2 heterocycles. The summed E-state index contributed by atoms with van der Waals surface area (Å²) in [6.45, 7) is 3.49. The van der Waals surface area contributed by atoms with Gasteiger partial charge in [-0.2, -0.15) is 0 Å². The molecule has 25 heavy (non-hydrogen) atoms. The molecule has 4 heteroatoms. The summed E-state index contributed by atoms with van der Waals surface area (Å²) in [6.07, 6.45) is 2.01. The average Bonchev–Trinajstić information content (AvgIpc) is 3.04. The van der Waals surface area contributed by atoms with Crippen LogP contribution >= 0.6 is 0 Å².